The number of nitrogens with one attached hydrogen (secondary N) is 1. The Labute approximate surface area is 192 Å². The predicted octanol–water partition coefficient (Wildman–Crippen LogP) is 5.38. The van der Waals surface area contributed by atoms with E-state index in [9.17, 15) is 9.59 Å². The summed E-state index contributed by atoms with van der Waals surface area (Å²) in [5.41, 5.74) is 2.02. The molecule has 1 N–H and O–H groups in total. The molecule has 0 saturated heterocycles. The smallest absolute Gasteiger partial charge is 0.262 e. The first-order chi connectivity index (χ1) is 14.7. The fraction of sp³-hybridized carbons (Fsp3) is 0.375. The van der Waals surface area contributed by atoms with Gasteiger partial charge in [-0.25, -0.2) is 4.98 Å². The van der Waals surface area contributed by atoms with Crippen LogP contribution in [0, 0.1) is 11.8 Å². The molecule has 0 aliphatic rings. The number of fused-ring (bicyclic) bond motifs is 1. The molecule has 3 aromatic rings. The van der Waals surface area contributed by atoms with Gasteiger partial charge < -0.3 is 5.32 Å². The number of benzene rings is 2. The number of carbonyl (C=O) groups is 1. The van der Waals surface area contributed by atoms with Gasteiger partial charge in [0.15, 0.2) is 5.16 Å². The standard InChI is InChI=1S/C24H28ClN3O2S/c1-15(2)12-26-22(29)18-8-9-20-21(11-18)27-24(28(23(20)30)13-16(3)4)31-14-17-6-5-7-19(25)10-17/h5-11,15-16H,12-14H2,1-4H3,(H,26,29). The van der Waals surface area contributed by atoms with E-state index in [-0.39, 0.29) is 11.5 Å². The lowest BCUT2D eigenvalue weighted by Gasteiger charge is -2.15. The van der Waals surface area contributed by atoms with E-state index < -0.39 is 0 Å². The molecule has 1 amide bonds. The van der Waals surface area contributed by atoms with E-state index in [0.717, 1.165) is 5.56 Å². The second-order valence-electron chi connectivity index (χ2n) is 8.46. The van der Waals surface area contributed by atoms with Crippen LogP contribution in [-0.4, -0.2) is 22.0 Å². The van der Waals surface area contributed by atoms with E-state index in [4.69, 9.17) is 16.6 Å². The number of carbonyl (C=O) groups excluding carboxylic acids is 1. The number of hydrogen-bond donors (Lipinski definition) is 1. The van der Waals surface area contributed by atoms with Crippen LogP contribution >= 0.6 is 23.4 Å². The molecule has 0 atom stereocenters. The lowest BCUT2D eigenvalue weighted by molar-refractivity contribution is 0.0949. The fourth-order valence-corrected chi connectivity index (χ4v) is 4.32. The number of aromatic nitrogens is 2. The first-order valence-electron chi connectivity index (χ1n) is 10.4. The maximum Gasteiger partial charge on any atom is 0.262 e. The molecule has 1 heterocycles. The van der Waals surface area contributed by atoms with Gasteiger partial charge >= 0.3 is 0 Å². The highest BCUT2D eigenvalue weighted by Gasteiger charge is 2.15. The minimum atomic E-state index is -0.156. The first kappa shape index (κ1) is 23.4. The van der Waals surface area contributed by atoms with Crippen molar-refractivity contribution in [3.63, 3.8) is 0 Å². The fourth-order valence-electron chi connectivity index (χ4n) is 3.15. The molecule has 0 bridgehead atoms. The molecule has 0 spiro atoms. The summed E-state index contributed by atoms with van der Waals surface area (Å²) >= 11 is 7.61. The average molecular weight is 458 g/mol. The van der Waals surface area contributed by atoms with E-state index in [0.29, 0.717) is 57.3 Å². The predicted molar refractivity (Wildman–Crippen MR) is 129 cm³/mol. The second kappa shape index (κ2) is 10.3. The van der Waals surface area contributed by atoms with Crippen LogP contribution in [0.25, 0.3) is 10.9 Å². The Bertz CT molecular complexity index is 1140. The van der Waals surface area contributed by atoms with Gasteiger partial charge in [0.2, 0.25) is 0 Å². The van der Waals surface area contributed by atoms with Gasteiger partial charge in [-0.05, 0) is 47.7 Å². The van der Waals surface area contributed by atoms with Gasteiger partial charge in [0.05, 0.1) is 10.9 Å². The Kier molecular flexibility index (Phi) is 7.79. The van der Waals surface area contributed by atoms with Crippen LogP contribution in [-0.2, 0) is 12.3 Å². The van der Waals surface area contributed by atoms with Crippen LogP contribution in [0.1, 0.15) is 43.6 Å². The largest absolute Gasteiger partial charge is 0.352 e. The molecule has 7 heteroatoms. The van der Waals surface area contributed by atoms with Gasteiger partial charge in [-0.1, -0.05) is 63.2 Å². The van der Waals surface area contributed by atoms with Crippen LogP contribution in [0.2, 0.25) is 5.02 Å². The Hall–Kier alpha value is -2.31. The van der Waals surface area contributed by atoms with Gasteiger partial charge in [-0.15, -0.1) is 0 Å². The van der Waals surface area contributed by atoms with Gasteiger partial charge in [0.25, 0.3) is 11.5 Å². The van der Waals surface area contributed by atoms with E-state index in [2.05, 4.69) is 19.2 Å². The first-order valence-corrected chi connectivity index (χ1v) is 11.8. The van der Waals surface area contributed by atoms with Crippen molar-refractivity contribution in [2.45, 2.75) is 45.1 Å². The molecule has 0 radical (unpaired) electrons. The minimum absolute atomic E-state index is 0.0820. The number of thioether (sulfide) groups is 1. The zero-order valence-electron chi connectivity index (χ0n) is 18.3. The summed E-state index contributed by atoms with van der Waals surface area (Å²) in [6.45, 7) is 9.41. The zero-order valence-corrected chi connectivity index (χ0v) is 19.9. The lowest BCUT2D eigenvalue weighted by Crippen LogP contribution is -2.28. The Morgan fingerprint density at radius 1 is 1.13 bits per heavy atom. The highest BCUT2D eigenvalue weighted by Crippen LogP contribution is 2.24. The van der Waals surface area contributed by atoms with Crippen molar-refractivity contribution in [2.75, 3.05) is 6.54 Å². The van der Waals surface area contributed by atoms with E-state index >= 15 is 0 Å². The highest BCUT2D eigenvalue weighted by atomic mass is 35.5. The van der Waals surface area contributed by atoms with Crippen LogP contribution in [0.5, 0.6) is 0 Å². The Morgan fingerprint density at radius 3 is 2.58 bits per heavy atom. The van der Waals surface area contributed by atoms with E-state index in [1.54, 1.807) is 22.8 Å². The summed E-state index contributed by atoms with van der Waals surface area (Å²) in [6, 6.07) is 12.8. The van der Waals surface area contributed by atoms with Crippen molar-refractivity contribution < 1.29 is 4.79 Å². The Morgan fingerprint density at radius 2 is 1.90 bits per heavy atom. The van der Waals surface area contributed by atoms with E-state index in [1.807, 2.05) is 38.1 Å². The second-order valence-corrected chi connectivity index (χ2v) is 9.84. The Balaban J connectivity index is 1.98. The molecule has 1 aromatic heterocycles. The summed E-state index contributed by atoms with van der Waals surface area (Å²) in [7, 11) is 0. The highest BCUT2D eigenvalue weighted by molar-refractivity contribution is 7.98. The molecule has 0 aliphatic carbocycles. The molecule has 2 aromatic carbocycles. The molecule has 0 aliphatic heterocycles. The van der Waals surface area contributed by atoms with Crippen molar-refractivity contribution in [1.82, 2.24) is 14.9 Å². The molecule has 0 saturated carbocycles. The molecule has 0 unspecified atom stereocenters. The van der Waals surface area contributed by atoms with Crippen molar-refractivity contribution in [3.05, 3.63) is 69.0 Å². The van der Waals surface area contributed by atoms with Crippen LogP contribution in [0.4, 0.5) is 0 Å². The topological polar surface area (TPSA) is 64.0 Å². The summed E-state index contributed by atoms with van der Waals surface area (Å²) < 4.78 is 1.74. The van der Waals surface area contributed by atoms with Crippen LogP contribution in [0.15, 0.2) is 52.4 Å². The maximum absolute atomic E-state index is 13.2. The summed E-state index contributed by atoms with van der Waals surface area (Å²) in [5, 5.41) is 4.76. The molecular weight excluding hydrogens is 430 g/mol. The third-order valence-electron chi connectivity index (χ3n) is 4.66. The number of halogens is 1. The van der Waals surface area contributed by atoms with Crippen LogP contribution < -0.4 is 10.9 Å². The minimum Gasteiger partial charge on any atom is -0.352 e. The van der Waals surface area contributed by atoms with Crippen LogP contribution in [0.3, 0.4) is 0 Å². The molecule has 164 valence electrons. The molecule has 5 nitrogen and oxygen atoms in total. The molecule has 0 fully saturated rings. The third-order valence-corrected chi connectivity index (χ3v) is 5.94. The summed E-state index contributed by atoms with van der Waals surface area (Å²) in [4.78, 5) is 30.5. The van der Waals surface area contributed by atoms with Gasteiger partial charge in [-0.2, -0.15) is 0 Å². The molecule has 31 heavy (non-hydrogen) atoms. The van der Waals surface area contributed by atoms with Gasteiger partial charge in [0.1, 0.15) is 0 Å². The number of hydrogen-bond acceptors (Lipinski definition) is 4. The average Bonchev–Trinajstić information content (AvgIpc) is 2.72. The summed E-state index contributed by atoms with van der Waals surface area (Å²) in [5.74, 6) is 1.14. The quantitative estimate of drug-likeness (QED) is 0.364. The van der Waals surface area contributed by atoms with E-state index in [1.165, 1.54) is 11.8 Å². The molecule has 3 rings (SSSR count). The van der Waals surface area contributed by atoms with Crippen molar-refractivity contribution in [1.29, 1.82) is 0 Å². The number of nitrogens with zero attached hydrogens (tertiary/aromatic N) is 2. The van der Waals surface area contributed by atoms with Crippen molar-refractivity contribution >= 4 is 40.2 Å². The normalized spacial score (nSPS) is 11.5. The SMILES string of the molecule is CC(C)CNC(=O)c1ccc2c(=O)n(CC(C)C)c(SCc3cccc(Cl)c3)nc2c1. The third kappa shape index (κ3) is 6.11. The maximum atomic E-state index is 13.2. The monoisotopic (exact) mass is 457 g/mol. The number of rotatable bonds is 8. The van der Waals surface area contributed by atoms with Gasteiger partial charge in [-0.3, -0.25) is 14.2 Å². The number of amides is 1. The van der Waals surface area contributed by atoms with Gasteiger partial charge in [0, 0.05) is 29.4 Å². The zero-order chi connectivity index (χ0) is 22.5. The van der Waals surface area contributed by atoms with Crippen molar-refractivity contribution in [3.8, 4) is 0 Å². The molecular formula is C24H28ClN3O2S. The van der Waals surface area contributed by atoms with Crippen molar-refractivity contribution in [2.24, 2.45) is 11.8 Å². The lowest BCUT2D eigenvalue weighted by atomic mass is 10.1. The summed E-state index contributed by atoms with van der Waals surface area (Å²) in [6.07, 6.45) is 0.